The fraction of sp³-hybridized carbons (Fsp3) is 0.0556. The number of pyridine rings is 1. The molecule has 122 valence electrons. The van der Waals surface area contributed by atoms with Gasteiger partial charge in [-0.25, -0.2) is 9.97 Å². The number of benzene rings is 1. The van der Waals surface area contributed by atoms with Gasteiger partial charge in [-0.1, -0.05) is 12.1 Å². The van der Waals surface area contributed by atoms with Crippen molar-refractivity contribution in [3.05, 3.63) is 77.9 Å². The quantitative estimate of drug-likeness (QED) is 0.745. The predicted molar refractivity (Wildman–Crippen MR) is 92.7 cm³/mol. The van der Waals surface area contributed by atoms with Crippen molar-refractivity contribution >= 4 is 17.5 Å². The summed E-state index contributed by atoms with van der Waals surface area (Å²) in [5.74, 6) is 0.0841. The van der Waals surface area contributed by atoms with E-state index in [9.17, 15) is 4.79 Å². The van der Waals surface area contributed by atoms with Gasteiger partial charge in [0.2, 0.25) is 5.95 Å². The Hall–Kier alpha value is -3.79. The molecule has 1 amide bonds. The van der Waals surface area contributed by atoms with Crippen LogP contribution < -0.4 is 10.6 Å². The van der Waals surface area contributed by atoms with Gasteiger partial charge in [0.25, 0.3) is 5.91 Å². The molecular weight excluding hydrogens is 316 g/mol. The van der Waals surface area contributed by atoms with E-state index >= 15 is 0 Å². The summed E-state index contributed by atoms with van der Waals surface area (Å²) >= 11 is 0. The van der Waals surface area contributed by atoms with Crippen LogP contribution in [-0.4, -0.2) is 20.9 Å². The summed E-state index contributed by atoms with van der Waals surface area (Å²) in [6.45, 7) is 0.542. The average Bonchev–Trinajstić information content (AvgIpc) is 2.67. The monoisotopic (exact) mass is 330 g/mol. The highest BCUT2D eigenvalue weighted by Crippen LogP contribution is 2.11. The van der Waals surface area contributed by atoms with E-state index in [1.54, 1.807) is 36.7 Å². The van der Waals surface area contributed by atoms with Gasteiger partial charge in [-0.3, -0.25) is 9.78 Å². The maximum Gasteiger partial charge on any atom is 0.258 e. The molecule has 0 radical (unpaired) electrons. The molecule has 1 aromatic carbocycles. The standard InChI is InChI=1S/C18H14N6O/c19-8-13-3-1-5-16(7-13)24-17(25)15-11-22-18(23-12-15)21-10-14-4-2-6-20-9-14/h1-7,9,11-12H,10H2,(H,24,25)(H,21,22,23). The van der Waals surface area contributed by atoms with Gasteiger partial charge in [-0.2, -0.15) is 5.26 Å². The number of aromatic nitrogens is 3. The van der Waals surface area contributed by atoms with Gasteiger partial charge in [0, 0.05) is 37.0 Å². The Morgan fingerprint density at radius 3 is 2.68 bits per heavy atom. The zero-order chi connectivity index (χ0) is 17.5. The molecule has 2 N–H and O–H groups in total. The lowest BCUT2D eigenvalue weighted by atomic mass is 10.2. The lowest BCUT2D eigenvalue weighted by Crippen LogP contribution is -2.13. The van der Waals surface area contributed by atoms with Crippen LogP contribution in [0.15, 0.2) is 61.2 Å². The summed E-state index contributed by atoms with van der Waals surface area (Å²) in [5, 5.41) is 14.7. The molecule has 3 rings (SSSR count). The number of nitrogens with one attached hydrogen (secondary N) is 2. The van der Waals surface area contributed by atoms with Gasteiger partial charge in [0.1, 0.15) is 0 Å². The smallest absolute Gasteiger partial charge is 0.258 e. The molecule has 0 aliphatic rings. The van der Waals surface area contributed by atoms with Crippen molar-refractivity contribution in [3.63, 3.8) is 0 Å². The fourth-order valence-corrected chi connectivity index (χ4v) is 2.09. The predicted octanol–water partition coefficient (Wildman–Crippen LogP) is 2.61. The molecule has 0 unspecified atom stereocenters. The molecule has 3 aromatic rings. The highest BCUT2D eigenvalue weighted by molar-refractivity contribution is 6.03. The molecule has 7 heteroatoms. The number of nitrogens with zero attached hydrogens (tertiary/aromatic N) is 4. The molecule has 0 atom stereocenters. The van der Waals surface area contributed by atoms with Crippen LogP contribution in [-0.2, 0) is 6.54 Å². The highest BCUT2D eigenvalue weighted by Gasteiger charge is 2.08. The zero-order valence-electron chi connectivity index (χ0n) is 13.2. The van der Waals surface area contributed by atoms with Crippen molar-refractivity contribution < 1.29 is 4.79 Å². The minimum Gasteiger partial charge on any atom is -0.350 e. The van der Waals surface area contributed by atoms with Crippen LogP contribution in [0.1, 0.15) is 21.5 Å². The van der Waals surface area contributed by atoms with Crippen molar-refractivity contribution in [1.29, 1.82) is 5.26 Å². The fourth-order valence-electron chi connectivity index (χ4n) is 2.09. The van der Waals surface area contributed by atoms with Crippen molar-refractivity contribution in [3.8, 4) is 6.07 Å². The lowest BCUT2D eigenvalue weighted by molar-refractivity contribution is 0.102. The number of hydrogen-bond acceptors (Lipinski definition) is 6. The Balaban J connectivity index is 1.61. The molecule has 0 bridgehead atoms. The second-order valence-electron chi connectivity index (χ2n) is 5.16. The number of nitriles is 1. The summed E-state index contributed by atoms with van der Waals surface area (Å²) in [5.41, 5.74) is 2.35. The van der Waals surface area contributed by atoms with Crippen LogP contribution in [0.25, 0.3) is 0 Å². The van der Waals surface area contributed by atoms with Crippen LogP contribution in [0.5, 0.6) is 0 Å². The third-order valence-electron chi connectivity index (χ3n) is 3.34. The van der Waals surface area contributed by atoms with Gasteiger partial charge in [-0.15, -0.1) is 0 Å². The van der Waals surface area contributed by atoms with Crippen LogP contribution in [0.4, 0.5) is 11.6 Å². The van der Waals surface area contributed by atoms with Gasteiger partial charge >= 0.3 is 0 Å². The number of hydrogen-bond donors (Lipinski definition) is 2. The first-order chi connectivity index (χ1) is 12.2. The Labute approximate surface area is 144 Å². The molecule has 0 saturated heterocycles. The number of anilines is 2. The van der Waals surface area contributed by atoms with Gasteiger partial charge in [-0.05, 0) is 29.8 Å². The van der Waals surface area contributed by atoms with Crippen molar-refractivity contribution in [2.24, 2.45) is 0 Å². The molecule has 0 fully saturated rings. The Kier molecular flexibility index (Phi) is 4.93. The molecule has 7 nitrogen and oxygen atoms in total. The first-order valence-electron chi connectivity index (χ1n) is 7.51. The topological polar surface area (TPSA) is 104 Å². The van der Waals surface area contributed by atoms with E-state index in [2.05, 4.69) is 25.6 Å². The van der Waals surface area contributed by atoms with Crippen molar-refractivity contribution in [1.82, 2.24) is 15.0 Å². The van der Waals surface area contributed by atoms with Crippen LogP contribution in [0.2, 0.25) is 0 Å². The van der Waals surface area contributed by atoms with Crippen LogP contribution >= 0.6 is 0 Å². The first kappa shape index (κ1) is 16.1. The third-order valence-corrected chi connectivity index (χ3v) is 3.34. The molecule has 2 aromatic heterocycles. The normalized spacial score (nSPS) is 9.88. The second-order valence-corrected chi connectivity index (χ2v) is 5.16. The van der Waals surface area contributed by atoms with Crippen LogP contribution in [0, 0.1) is 11.3 Å². The zero-order valence-corrected chi connectivity index (χ0v) is 13.2. The molecule has 0 aliphatic carbocycles. The van der Waals surface area contributed by atoms with Crippen molar-refractivity contribution in [2.45, 2.75) is 6.54 Å². The SMILES string of the molecule is N#Cc1cccc(NC(=O)c2cnc(NCc3cccnc3)nc2)c1. The van der Waals surface area contributed by atoms with E-state index in [0.29, 0.717) is 29.3 Å². The second kappa shape index (κ2) is 7.66. The number of amides is 1. The number of carbonyl (C=O) groups is 1. The minimum absolute atomic E-state index is 0.328. The van der Waals surface area contributed by atoms with E-state index in [-0.39, 0.29) is 5.91 Å². The van der Waals surface area contributed by atoms with Gasteiger partial charge in [0.05, 0.1) is 17.2 Å². The molecule has 0 aliphatic heterocycles. The maximum absolute atomic E-state index is 12.2. The summed E-state index contributed by atoms with van der Waals surface area (Å²) < 4.78 is 0. The van der Waals surface area contributed by atoms with Gasteiger partial charge in [0.15, 0.2) is 0 Å². The summed E-state index contributed by atoms with van der Waals surface area (Å²) in [4.78, 5) is 24.5. The Morgan fingerprint density at radius 2 is 1.96 bits per heavy atom. The average molecular weight is 330 g/mol. The lowest BCUT2D eigenvalue weighted by Gasteiger charge is -2.07. The van der Waals surface area contributed by atoms with Gasteiger partial charge < -0.3 is 10.6 Å². The number of carbonyl (C=O) groups excluding carboxylic acids is 1. The van der Waals surface area contributed by atoms with Crippen molar-refractivity contribution in [2.75, 3.05) is 10.6 Å². The van der Waals surface area contributed by atoms with E-state index in [0.717, 1.165) is 5.56 Å². The molecule has 25 heavy (non-hydrogen) atoms. The Bertz CT molecular complexity index is 903. The maximum atomic E-state index is 12.2. The van der Waals surface area contributed by atoms with E-state index in [4.69, 9.17) is 5.26 Å². The van der Waals surface area contributed by atoms with E-state index < -0.39 is 0 Å². The largest absolute Gasteiger partial charge is 0.350 e. The molecule has 2 heterocycles. The van der Waals surface area contributed by atoms with E-state index in [1.165, 1.54) is 12.4 Å². The third kappa shape index (κ3) is 4.36. The minimum atomic E-state index is -0.339. The number of rotatable bonds is 5. The highest BCUT2D eigenvalue weighted by atomic mass is 16.1. The molecule has 0 spiro atoms. The first-order valence-corrected chi connectivity index (χ1v) is 7.51. The molecule has 0 saturated carbocycles. The summed E-state index contributed by atoms with van der Waals surface area (Å²) in [6, 6.07) is 12.5. The summed E-state index contributed by atoms with van der Waals surface area (Å²) in [6.07, 6.45) is 6.36. The Morgan fingerprint density at radius 1 is 1.12 bits per heavy atom. The summed E-state index contributed by atoms with van der Waals surface area (Å²) in [7, 11) is 0. The molecular formula is C18H14N6O. The van der Waals surface area contributed by atoms with Crippen LogP contribution in [0.3, 0.4) is 0 Å². The van der Waals surface area contributed by atoms with E-state index in [1.807, 2.05) is 18.2 Å².